The molecule has 0 amide bonds. The molecule has 0 saturated carbocycles. The lowest BCUT2D eigenvalue weighted by atomic mass is 10.0. The zero-order valence-electron chi connectivity index (χ0n) is 19.4. The Kier molecular flexibility index (Phi) is 14.2. The van der Waals surface area contributed by atoms with Crippen LogP contribution in [0.2, 0.25) is 0 Å². The summed E-state index contributed by atoms with van der Waals surface area (Å²) in [5.41, 5.74) is 1.45. The van der Waals surface area contributed by atoms with Crippen LogP contribution in [-0.2, 0) is 6.54 Å². The van der Waals surface area contributed by atoms with Gasteiger partial charge in [0.15, 0.2) is 0 Å². The molecule has 166 valence electrons. The monoisotopic (exact) mass is 400 g/mol. The van der Waals surface area contributed by atoms with Crippen molar-refractivity contribution in [1.82, 2.24) is 9.80 Å². The quantitative estimate of drug-likeness (QED) is 0.253. The molecule has 1 saturated heterocycles. The van der Waals surface area contributed by atoms with Gasteiger partial charge in [-0.15, -0.1) is 0 Å². The Balaban J connectivity index is 1.32. The second-order valence-corrected chi connectivity index (χ2v) is 9.20. The second kappa shape index (κ2) is 16.9. The summed E-state index contributed by atoms with van der Waals surface area (Å²) in [7, 11) is 0. The summed E-state index contributed by atoms with van der Waals surface area (Å²) >= 11 is 0. The first-order valence-electron chi connectivity index (χ1n) is 12.9. The largest absolute Gasteiger partial charge is 0.301 e. The lowest BCUT2D eigenvalue weighted by Crippen LogP contribution is -2.46. The first kappa shape index (κ1) is 24.4. The minimum atomic E-state index is 1.12. The number of piperazine rings is 1. The van der Waals surface area contributed by atoms with Crippen LogP contribution in [0.15, 0.2) is 30.3 Å². The molecule has 1 aromatic rings. The summed E-state index contributed by atoms with van der Waals surface area (Å²) in [6.45, 7) is 9.70. The third-order valence-corrected chi connectivity index (χ3v) is 6.54. The molecular weight excluding hydrogens is 352 g/mol. The number of unbranched alkanes of at least 4 members (excludes halogenated alkanes) is 13. The third kappa shape index (κ3) is 12.4. The van der Waals surface area contributed by atoms with Crippen LogP contribution in [0.4, 0.5) is 0 Å². The molecule has 1 aliphatic heterocycles. The van der Waals surface area contributed by atoms with Crippen LogP contribution in [-0.4, -0.2) is 42.5 Å². The molecular formula is C27H48N2. The summed E-state index contributed by atoms with van der Waals surface area (Å²) in [5, 5.41) is 0. The highest BCUT2D eigenvalue weighted by molar-refractivity contribution is 5.14. The average molecular weight is 401 g/mol. The van der Waals surface area contributed by atoms with Crippen LogP contribution >= 0.6 is 0 Å². The lowest BCUT2D eigenvalue weighted by molar-refractivity contribution is 0.125. The zero-order valence-corrected chi connectivity index (χ0v) is 19.4. The van der Waals surface area contributed by atoms with E-state index in [2.05, 4.69) is 47.1 Å². The Labute approximate surface area is 182 Å². The fourth-order valence-corrected chi connectivity index (χ4v) is 4.54. The molecule has 0 aromatic heterocycles. The minimum Gasteiger partial charge on any atom is -0.301 e. The molecule has 0 unspecified atom stereocenters. The minimum absolute atomic E-state index is 1.12. The van der Waals surface area contributed by atoms with Gasteiger partial charge in [0, 0.05) is 32.7 Å². The SMILES string of the molecule is CCCCCCCCCCCCCCCCN1CCN(Cc2ccccc2)CC1. The number of hydrogen-bond donors (Lipinski definition) is 0. The molecule has 0 bridgehead atoms. The van der Waals surface area contributed by atoms with Gasteiger partial charge in [-0.05, 0) is 18.5 Å². The van der Waals surface area contributed by atoms with Crippen molar-refractivity contribution in [3.8, 4) is 0 Å². The van der Waals surface area contributed by atoms with Crippen molar-refractivity contribution in [3.63, 3.8) is 0 Å². The van der Waals surface area contributed by atoms with Crippen molar-refractivity contribution in [2.45, 2.75) is 103 Å². The normalized spacial score (nSPS) is 15.8. The van der Waals surface area contributed by atoms with Crippen molar-refractivity contribution in [3.05, 3.63) is 35.9 Å². The van der Waals surface area contributed by atoms with Crippen LogP contribution in [0.3, 0.4) is 0 Å². The van der Waals surface area contributed by atoms with Crippen molar-refractivity contribution in [2.24, 2.45) is 0 Å². The second-order valence-electron chi connectivity index (χ2n) is 9.20. The Morgan fingerprint density at radius 1 is 0.552 bits per heavy atom. The predicted molar refractivity (Wildman–Crippen MR) is 128 cm³/mol. The Morgan fingerprint density at radius 3 is 1.52 bits per heavy atom. The highest BCUT2D eigenvalue weighted by atomic mass is 15.3. The lowest BCUT2D eigenvalue weighted by Gasteiger charge is -2.34. The van der Waals surface area contributed by atoms with E-state index in [0.717, 1.165) is 6.54 Å². The summed E-state index contributed by atoms with van der Waals surface area (Å²) < 4.78 is 0. The van der Waals surface area contributed by atoms with E-state index in [4.69, 9.17) is 0 Å². The maximum Gasteiger partial charge on any atom is 0.0234 e. The molecule has 0 aliphatic carbocycles. The van der Waals surface area contributed by atoms with E-state index in [-0.39, 0.29) is 0 Å². The standard InChI is InChI=1S/C27H48N2/c1-2-3-4-5-6-7-8-9-10-11-12-13-14-18-21-28-22-24-29(25-23-28)26-27-19-16-15-17-20-27/h15-17,19-20H,2-14,18,21-26H2,1H3. The molecule has 0 N–H and O–H groups in total. The third-order valence-electron chi connectivity index (χ3n) is 6.54. The van der Waals surface area contributed by atoms with Gasteiger partial charge in [0.05, 0.1) is 0 Å². The topological polar surface area (TPSA) is 6.48 Å². The number of benzene rings is 1. The van der Waals surface area contributed by atoms with Gasteiger partial charge in [-0.1, -0.05) is 121 Å². The zero-order chi connectivity index (χ0) is 20.4. The van der Waals surface area contributed by atoms with Crippen molar-refractivity contribution >= 4 is 0 Å². The molecule has 1 aromatic carbocycles. The van der Waals surface area contributed by atoms with Gasteiger partial charge in [-0.3, -0.25) is 4.90 Å². The van der Waals surface area contributed by atoms with Gasteiger partial charge < -0.3 is 4.90 Å². The summed E-state index contributed by atoms with van der Waals surface area (Å²) in [6, 6.07) is 10.9. The van der Waals surface area contributed by atoms with Gasteiger partial charge in [0.2, 0.25) is 0 Å². The Morgan fingerprint density at radius 2 is 1.00 bits per heavy atom. The van der Waals surface area contributed by atoms with Gasteiger partial charge in [0.1, 0.15) is 0 Å². The molecule has 1 aliphatic rings. The van der Waals surface area contributed by atoms with Crippen LogP contribution in [0, 0.1) is 0 Å². The summed E-state index contributed by atoms with van der Waals surface area (Å²) in [6.07, 6.45) is 20.3. The number of hydrogen-bond acceptors (Lipinski definition) is 2. The van der Waals surface area contributed by atoms with Gasteiger partial charge in [-0.25, -0.2) is 0 Å². The van der Waals surface area contributed by atoms with E-state index in [1.54, 1.807) is 0 Å². The highest BCUT2D eigenvalue weighted by Gasteiger charge is 2.16. The van der Waals surface area contributed by atoms with E-state index in [9.17, 15) is 0 Å². The molecule has 1 heterocycles. The maximum atomic E-state index is 2.68. The number of nitrogens with zero attached hydrogens (tertiary/aromatic N) is 2. The molecule has 2 nitrogen and oxygen atoms in total. The fraction of sp³-hybridized carbons (Fsp3) is 0.778. The Bertz CT molecular complexity index is 465. The molecule has 29 heavy (non-hydrogen) atoms. The average Bonchev–Trinajstić information content (AvgIpc) is 2.76. The van der Waals surface area contributed by atoms with Crippen LogP contribution in [0.1, 0.15) is 102 Å². The number of rotatable bonds is 17. The molecule has 1 fully saturated rings. The fourth-order valence-electron chi connectivity index (χ4n) is 4.54. The molecule has 2 heteroatoms. The summed E-state index contributed by atoms with van der Waals surface area (Å²) in [5.74, 6) is 0. The van der Waals surface area contributed by atoms with E-state index in [1.807, 2.05) is 0 Å². The van der Waals surface area contributed by atoms with Crippen molar-refractivity contribution in [2.75, 3.05) is 32.7 Å². The Hall–Kier alpha value is -0.860. The predicted octanol–water partition coefficient (Wildman–Crippen LogP) is 7.29. The van der Waals surface area contributed by atoms with Crippen molar-refractivity contribution < 1.29 is 0 Å². The van der Waals surface area contributed by atoms with Gasteiger partial charge in [-0.2, -0.15) is 0 Å². The van der Waals surface area contributed by atoms with Crippen molar-refractivity contribution in [1.29, 1.82) is 0 Å². The van der Waals surface area contributed by atoms with Crippen LogP contribution in [0.5, 0.6) is 0 Å². The first-order valence-corrected chi connectivity index (χ1v) is 12.9. The van der Waals surface area contributed by atoms with E-state index in [1.165, 1.54) is 128 Å². The van der Waals surface area contributed by atoms with E-state index < -0.39 is 0 Å². The van der Waals surface area contributed by atoms with Crippen LogP contribution < -0.4 is 0 Å². The van der Waals surface area contributed by atoms with Gasteiger partial charge >= 0.3 is 0 Å². The first-order chi connectivity index (χ1) is 14.4. The molecule has 0 atom stereocenters. The smallest absolute Gasteiger partial charge is 0.0234 e. The van der Waals surface area contributed by atoms with E-state index >= 15 is 0 Å². The maximum absolute atomic E-state index is 2.68. The summed E-state index contributed by atoms with van der Waals surface area (Å²) in [4.78, 5) is 5.29. The molecule has 0 spiro atoms. The molecule has 2 rings (SSSR count). The molecule has 0 radical (unpaired) electrons. The van der Waals surface area contributed by atoms with Crippen LogP contribution in [0.25, 0.3) is 0 Å². The highest BCUT2D eigenvalue weighted by Crippen LogP contribution is 2.14. The van der Waals surface area contributed by atoms with E-state index in [0.29, 0.717) is 0 Å². The van der Waals surface area contributed by atoms with Gasteiger partial charge in [0.25, 0.3) is 0 Å².